The summed E-state index contributed by atoms with van der Waals surface area (Å²) in [4.78, 5) is 0. The molecule has 17 heavy (non-hydrogen) atoms. The zero-order valence-electron chi connectivity index (χ0n) is 11.3. The second-order valence-corrected chi connectivity index (χ2v) is 6.17. The van der Waals surface area contributed by atoms with Crippen LogP contribution in [0.2, 0.25) is 0 Å². The van der Waals surface area contributed by atoms with Crippen LogP contribution in [0.25, 0.3) is 0 Å². The quantitative estimate of drug-likeness (QED) is 0.741. The third-order valence-electron chi connectivity index (χ3n) is 4.81. The Morgan fingerprint density at radius 3 is 2.18 bits per heavy atom. The molecule has 2 N–H and O–H groups in total. The van der Waals surface area contributed by atoms with Crippen molar-refractivity contribution < 1.29 is 5.11 Å². The summed E-state index contributed by atoms with van der Waals surface area (Å²) in [6.07, 6.45) is 12.9. The van der Waals surface area contributed by atoms with Gasteiger partial charge >= 0.3 is 0 Å². The highest BCUT2D eigenvalue weighted by Gasteiger charge is 2.26. The van der Waals surface area contributed by atoms with Crippen LogP contribution in [-0.4, -0.2) is 23.3 Å². The molecule has 2 heteroatoms. The molecule has 0 aromatic carbocycles. The molecule has 0 aromatic heterocycles. The minimum atomic E-state index is -0.108. The molecule has 0 aromatic rings. The summed E-state index contributed by atoms with van der Waals surface area (Å²) in [6.45, 7) is 2.33. The first-order valence-electron chi connectivity index (χ1n) is 7.71. The Bertz CT molecular complexity index is 213. The predicted octanol–water partition coefficient (Wildman–Crippen LogP) is 3.24. The normalized spacial score (nSPS) is 34.2. The molecule has 2 nitrogen and oxygen atoms in total. The maximum absolute atomic E-state index is 10.1. The molecule has 2 fully saturated rings. The van der Waals surface area contributed by atoms with Gasteiger partial charge in [0.2, 0.25) is 0 Å². The van der Waals surface area contributed by atoms with Gasteiger partial charge in [0.05, 0.1) is 6.10 Å². The van der Waals surface area contributed by atoms with E-state index in [0.29, 0.717) is 12.1 Å². The van der Waals surface area contributed by atoms with Gasteiger partial charge in [-0.05, 0) is 38.5 Å². The van der Waals surface area contributed by atoms with Crippen LogP contribution in [0, 0.1) is 5.92 Å². The molecule has 0 radical (unpaired) electrons. The number of hydrogen-bond donors (Lipinski definition) is 2. The molecular formula is C15H29NO. The molecule has 0 bridgehead atoms. The van der Waals surface area contributed by atoms with Crippen LogP contribution in [0.3, 0.4) is 0 Å². The average molecular weight is 239 g/mol. The van der Waals surface area contributed by atoms with E-state index in [-0.39, 0.29) is 6.10 Å². The lowest BCUT2D eigenvalue weighted by molar-refractivity contribution is 0.106. The largest absolute Gasteiger partial charge is 0.392 e. The topological polar surface area (TPSA) is 32.3 Å². The van der Waals surface area contributed by atoms with Crippen LogP contribution < -0.4 is 5.32 Å². The van der Waals surface area contributed by atoms with Gasteiger partial charge in [-0.1, -0.05) is 38.5 Å². The highest BCUT2D eigenvalue weighted by atomic mass is 16.3. The van der Waals surface area contributed by atoms with E-state index in [0.717, 1.165) is 18.8 Å². The summed E-state index contributed by atoms with van der Waals surface area (Å²) in [7, 11) is 0. The minimum Gasteiger partial charge on any atom is -0.392 e. The molecule has 0 spiro atoms. The second-order valence-electron chi connectivity index (χ2n) is 6.17. The standard InChI is InChI=1S/C15H29NO/c1-12(13-8-4-2-5-9-13)16-14-10-6-3-7-11-15(14)17/h12-17H,2-11H2,1H3/t12-,14?,15?/m1/s1. The number of hydrogen-bond acceptors (Lipinski definition) is 2. The monoisotopic (exact) mass is 239 g/mol. The summed E-state index contributed by atoms with van der Waals surface area (Å²) in [5.74, 6) is 0.846. The van der Waals surface area contributed by atoms with Crippen molar-refractivity contribution in [3.05, 3.63) is 0 Å². The van der Waals surface area contributed by atoms with Crippen molar-refractivity contribution in [2.75, 3.05) is 0 Å². The smallest absolute Gasteiger partial charge is 0.0693 e. The van der Waals surface area contributed by atoms with E-state index in [1.165, 1.54) is 51.4 Å². The van der Waals surface area contributed by atoms with E-state index in [9.17, 15) is 5.11 Å². The van der Waals surface area contributed by atoms with Gasteiger partial charge in [0.15, 0.2) is 0 Å². The van der Waals surface area contributed by atoms with Gasteiger partial charge in [0, 0.05) is 12.1 Å². The SMILES string of the molecule is C[C@@H](NC1CCCCCC1O)C1CCCCC1. The van der Waals surface area contributed by atoms with Crippen molar-refractivity contribution in [1.29, 1.82) is 0 Å². The predicted molar refractivity (Wildman–Crippen MR) is 72.1 cm³/mol. The maximum atomic E-state index is 10.1. The third kappa shape index (κ3) is 3.96. The van der Waals surface area contributed by atoms with Crippen molar-refractivity contribution in [3.63, 3.8) is 0 Å². The van der Waals surface area contributed by atoms with E-state index in [4.69, 9.17) is 0 Å². The maximum Gasteiger partial charge on any atom is 0.0693 e. The van der Waals surface area contributed by atoms with Crippen molar-refractivity contribution in [2.45, 2.75) is 89.3 Å². The fraction of sp³-hybridized carbons (Fsp3) is 1.00. The molecule has 2 aliphatic rings. The lowest BCUT2D eigenvalue weighted by Crippen LogP contribution is -2.47. The second kappa shape index (κ2) is 6.75. The Hall–Kier alpha value is -0.0800. The summed E-state index contributed by atoms with van der Waals surface area (Å²) >= 11 is 0. The van der Waals surface area contributed by atoms with Crippen LogP contribution in [0.5, 0.6) is 0 Å². The summed E-state index contributed by atoms with van der Waals surface area (Å²) in [5, 5.41) is 13.9. The Labute approximate surface area is 106 Å². The lowest BCUT2D eigenvalue weighted by atomic mass is 9.84. The third-order valence-corrected chi connectivity index (χ3v) is 4.81. The number of nitrogens with one attached hydrogen (secondary N) is 1. The van der Waals surface area contributed by atoms with Gasteiger partial charge in [0.25, 0.3) is 0 Å². The molecule has 2 aliphatic carbocycles. The lowest BCUT2D eigenvalue weighted by Gasteiger charge is -2.33. The molecule has 0 heterocycles. The van der Waals surface area contributed by atoms with Gasteiger partial charge in [-0.25, -0.2) is 0 Å². The number of aliphatic hydroxyl groups excluding tert-OH is 1. The molecule has 100 valence electrons. The van der Waals surface area contributed by atoms with Crippen LogP contribution in [0.1, 0.15) is 71.1 Å². The van der Waals surface area contributed by atoms with E-state index in [1.807, 2.05) is 0 Å². The first-order valence-corrected chi connectivity index (χ1v) is 7.71. The molecule has 2 saturated carbocycles. The van der Waals surface area contributed by atoms with Crippen molar-refractivity contribution in [3.8, 4) is 0 Å². The molecular weight excluding hydrogens is 210 g/mol. The van der Waals surface area contributed by atoms with Gasteiger partial charge in [0.1, 0.15) is 0 Å². The van der Waals surface area contributed by atoms with E-state index < -0.39 is 0 Å². The summed E-state index contributed by atoms with van der Waals surface area (Å²) in [5.41, 5.74) is 0. The fourth-order valence-electron chi connectivity index (χ4n) is 3.59. The Balaban J connectivity index is 1.80. The first-order chi connectivity index (χ1) is 8.27. The molecule has 2 unspecified atom stereocenters. The van der Waals surface area contributed by atoms with Gasteiger partial charge in [-0.15, -0.1) is 0 Å². The number of aliphatic hydroxyl groups is 1. The Kier molecular flexibility index (Phi) is 5.30. The zero-order valence-corrected chi connectivity index (χ0v) is 11.3. The van der Waals surface area contributed by atoms with Crippen molar-refractivity contribution >= 4 is 0 Å². The first kappa shape index (κ1) is 13.4. The van der Waals surface area contributed by atoms with Gasteiger partial charge in [-0.3, -0.25) is 0 Å². The highest BCUT2D eigenvalue weighted by molar-refractivity contribution is 4.84. The number of rotatable bonds is 3. The van der Waals surface area contributed by atoms with Crippen LogP contribution in [0.4, 0.5) is 0 Å². The summed E-state index contributed by atoms with van der Waals surface area (Å²) in [6, 6.07) is 0.947. The van der Waals surface area contributed by atoms with Crippen molar-refractivity contribution in [2.24, 2.45) is 5.92 Å². The van der Waals surface area contributed by atoms with Crippen LogP contribution >= 0.6 is 0 Å². The zero-order chi connectivity index (χ0) is 12.1. The van der Waals surface area contributed by atoms with Gasteiger partial charge in [-0.2, -0.15) is 0 Å². The molecule has 0 amide bonds. The van der Waals surface area contributed by atoms with E-state index in [1.54, 1.807) is 0 Å². The fourth-order valence-corrected chi connectivity index (χ4v) is 3.59. The Morgan fingerprint density at radius 1 is 0.882 bits per heavy atom. The Morgan fingerprint density at radius 2 is 1.47 bits per heavy atom. The van der Waals surface area contributed by atoms with Crippen LogP contribution in [0.15, 0.2) is 0 Å². The average Bonchev–Trinajstić information content (AvgIpc) is 2.56. The van der Waals surface area contributed by atoms with E-state index >= 15 is 0 Å². The summed E-state index contributed by atoms with van der Waals surface area (Å²) < 4.78 is 0. The molecule has 2 rings (SSSR count). The van der Waals surface area contributed by atoms with Crippen molar-refractivity contribution in [1.82, 2.24) is 5.32 Å². The molecule has 3 atom stereocenters. The van der Waals surface area contributed by atoms with E-state index in [2.05, 4.69) is 12.2 Å². The molecule has 0 saturated heterocycles. The highest BCUT2D eigenvalue weighted by Crippen LogP contribution is 2.27. The van der Waals surface area contributed by atoms with Gasteiger partial charge < -0.3 is 10.4 Å². The minimum absolute atomic E-state index is 0.108. The molecule has 0 aliphatic heterocycles. The van der Waals surface area contributed by atoms with Crippen LogP contribution in [-0.2, 0) is 0 Å².